The number of ether oxygens (including phenoxy) is 1. The number of hydrogen-bond acceptors (Lipinski definition) is 1. The molecule has 0 aromatic carbocycles. The summed E-state index contributed by atoms with van der Waals surface area (Å²) in [6, 6.07) is 0. The van der Waals surface area contributed by atoms with Crippen LogP contribution in [0.1, 0.15) is 85.0 Å². The Bertz CT molecular complexity index is 484. The summed E-state index contributed by atoms with van der Waals surface area (Å²) < 4.78 is 6.61. The standard InChI is InChI=1S/C21H34O/c1-14(2)20-12-10-18-16-8-7-15-6-4-5-11-19(15,3)17(16)9-13-21(18,20)22-20/h14-18H,4-13H2,1-3H3/t15-,16-,17+,18+,19+,20-,21?/m1/s1. The molecule has 22 heavy (non-hydrogen) atoms. The molecule has 5 aliphatic rings. The highest BCUT2D eigenvalue weighted by atomic mass is 16.6. The molecule has 0 bridgehead atoms. The van der Waals surface area contributed by atoms with Gasteiger partial charge in [-0.1, -0.05) is 33.6 Å². The molecular formula is C21H34O. The maximum Gasteiger partial charge on any atom is 0.101 e. The van der Waals surface area contributed by atoms with Gasteiger partial charge in [-0.05, 0) is 86.4 Å². The number of epoxide rings is 1. The lowest BCUT2D eigenvalue weighted by Crippen LogP contribution is -2.52. The van der Waals surface area contributed by atoms with Crippen LogP contribution in [0.15, 0.2) is 0 Å². The average Bonchev–Trinajstić information content (AvgIpc) is 3.04. The maximum atomic E-state index is 6.61. The minimum absolute atomic E-state index is 0.299. The lowest BCUT2D eigenvalue weighted by atomic mass is 9.47. The van der Waals surface area contributed by atoms with Crippen LogP contribution in [0.2, 0.25) is 0 Å². The van der Waals surface area contributed by atoms with E-state index in [0.29, 0.717) is 16.6 Å². The van der Waals surface area contributed by atoms with Crippen molar-refractivity contribution in [2.24, 2.45) is 35.0 Å². The van der Waals surface area contributed by atoms with Crippen molar-refractivity contribution in [3.8, 4) is 0 Å². The first kappa shape index (κ1) is 14.3. The van der Waals surface area contributed by atoms with E-state index in [1.165, 1.54) is 64.2 Å². The summed E-state index contributed by atoms with van der Waals surface area (Å²) in [5.74, 6) is 4.70. The summed E-state index contributed by atoms with van der Waals surface area (Å²) in [6.07, 6.45) is 14.8. The van der Waals surface area contributed by atoms with E-state index in [2.05, 4.69) is 20.8 Å². The first-order valence-corrected chi connectivity index (χ1v) is 10.2. The molecule has 0 N–H and O–H groups in total. The Hall–Kier alpha value is -0.0400. The molecule has 1 saturated heterocycles. The molecule has 5 fully saturated rings. The summed E-state index contributed by atoms with van der Waals surface area (Å²) in [6.45, 7) is 7.50. The molecule has 1 aliphatic heterocycles. The largest absolute Gasteiger partial charge is 0.362 e. The number of hydrogen-bond donors (Lipinski definition) is 0. The Labute approximate surface area is 136 Å². The molecule has 1 nitrogen and oxygen atoms in total. The highest BCUT2D eigenvalue weighted by molar-refractivity contribution is 5.27. The van der Waals surface area contributed by atoms with Crippen molar-refractivity contribution in [2.75, 3.05) is 0 Å². The van der Waals surface area contributed by atoms with E-state index in [1.807, 2.05) is 0 Å². The smallest absolute Gasteiger partial charge is 0.101 e. The van der Waals surface area contributed by atoms with E-state index in [0.717, 1.165) is 29.6 Å². The Morgan fingerprint density at radius 3 is 2.45 bits per heavy atom. The Morgan fingerprint density at radius 2 is 1.68 bits per heavy atom. The zero-order valence-corrected chi connectivity index (χ0v) is 14.9. The Balaban J connectivity index is 1.46. The predicted octanol–water partition coefficient (Wildman–Crippen LogP) is 5.58. The zero-order valence-electron chi connectivity index (χ0n) is 14.9. The SMILES string of the molecule is CC(C)[C@]12CC[C@H]3[C@@H]4CC[C@H]5CCCC[C@]5(C)[C@H]4CCC31O2. The van der Waals surface area contributed by atoms with Gasteiger partial charge in [-0.2, -0.15) is 0 Å². The monoisotopic (exact) mass is 302 g/mol. The Kier molecular flexibility index (Phi) is 2.81. The van der Waals surface area contributed by atoms with Gasteiger partial charge in [0.2, 0.25) is 0 Å². The van der Waals surface area contributed by atoms with Gasteiger partial charge in [0.1, 0.15) is 11.2 Å². The van der Waals surface area contributed by atoms with Crippen molar-refractivity contribution in [3.63, 3.8) is 0 Å². The molecule has 0 radical (unpaired) electrons. The summed E-state index contributed by atoms with van der Waals surface area (Å²) in [4.78, 5) is 0. The second-order valence-corrected chi connectivity index (χ2v) is 10.0. The van der Waals surface area contributed by atoms with Crippen LogP contribution >= 0.6 is 0 Å². The lowest BCUT2D eigenvalue weighted by Gasteiger charge is -2.58. The highest BCUT2D eigenvalue weighted by Crippen LogP contribution is 2.75. The summed E-state index contributed by atoms with van der Waals surface area (Å²) in [5.41, 5.74) is 1.31. The van der Waals surface area contributed by atoms with Crippen molar-refractivity contribution in [3.05, 3.63) is 0 Å². The van der Waals surface area contributed by atoms with Gasteiger partial charge in [0.05, 0.1) is 0 Å². The molecule has 5 rings (SSSR count). The average molecular weight is 303 g/mol. The zero-order chi connectivity index (χ0) is 15.2. The first-order chi connectivity index (χ1) is 10.5. The van der Waals surface area contributed by atoms with Crippen molar-refractivity contribution in [1.29, 1.82) is 0 Å². The van der Waals surface area contributed by atoms with E-state index in [4.69, 9.17) is 4.74 Å². The van der Waals surface area contributed by atoms with Crippen molar-refractivity contribution < 1.29 is 4.74 Å². The fourth-order valence-corrected chi connectivity index (χ4v) is 8.33. The molecule has 0 aromatic rings. The van der Waals surface area contributed by atoms with Crippen molar-refractivity contribution in [1.82, 2.24) is 0 Å². The molecule has 4 aliphatic carbocycles. The number of rotatable bonds is 1. The van der Waals surface area contributed by atoms with Crippen molar-refractivity contribution in [2.45, 2.75) is 96.2 Å². The second-order valence-electron chi connectivity index (χ2n) is 10.0. The van der Waals surface area contributed by atoms with Crippen LogP contribution in [0.3, 0.4) is 0 Å². The minimum Gasteiger partial charge on any atom is -0.362 e. The molecule has 0 amide bonds. The van der Waals surface area contributed by atoms with Crippen LogP contribution < -0.4 is 0 Å². The van der Waals surface area contributed by atoms with Gasteiger partial charge in [0.15, 0.2) is 0 Å². The molecule has 1 spiro atoms. The Morgan fingerprint density at radius 1 is 0.864 bits per heavy atom. The summed E-state index contributed by atoms with van der Waals surface area (Å²) >= 11 is 0. The van der Waals surface area contributed by atoms with Gasteiger partial charge in [0, 0.05) is 0 Å². The quantitative estimate of drug-likeness (QED) is 0.576. The minimum atomic E-state index is 0.299. The van der Waals surface area contributed by atoms with Crippen LogP contribution in [0, 0.1) is 35.0 Å². The van der Waals surface area contributed by atoms with Gasteiger partial charge in [-0.15, -0.1) is 0 Å². The molecule has 124 valence electrons. The fourth-order valence-electron chi connectivity index (χ4n) is 8.33. The molecule has 1 heteroatoms. The maximum absolute atomic E-state index is 6.61. The topological polar surface area (TPSA) is 12.5 Å². The molecule has 7 atom stereocenters. The highest BCUT2D eigenvalue weighted by Gasteiger charge is 2.79. The fraction of sp³-hybridized carbons (Fsp3) is 1.00. The van der Waals surface area contributed by atoms with Crippen LogP contribution in [-0.4, -0.2) is 11.2 Å². The van der Waals surface area contributed by atoms with E-state index < -0.39 is 0 Å². The van der Waals surface area contributed by atoms with Crippen LogP contribution in [-0.2, 0) is 4.74 Å². The van der Waals surface area contributed by atoms with Crippen LogP contribution in [0.25, 0.3) is 0 Å². The van der Waals surface area contributed by atoms with E-state index in [1.54, 1.807) is 0 Å². The third kappa shape index (κ3) is 1.47. The second kappa shape index (κ2) is 4.32. The van der Waals surface area contributed by atoms with Crippen LogP contribution in [0.4, 0.5) is 0 Å². The number of fused-ring (bicyclic) bond motifs is 4. The van der Waals surface area contributed by atoms with Gasteiger partial charge in [-0.25, -0.2) is 0 Å². The van der Waals surface area contributed by atoms with Gasteiger partial charge in [0.25, 0.3) is 0 Å². The lowest BCUT2D eigenvalue weighted by molar-refractivity contribution is -0.0949. The van der Waals surface area contributed by atoms with E-state index in [-0.39, 0.29) is 0 Å². The normalized spacial score (nSPS) is 59.5. The molecular weight excluding hydrogens is 268 g/mol. The molecule has 1 unspecified atom stereocenters. The van der Waals surface area contributed by atoms with Crippen molar-refractivity contribution >= 4 is 0 Å². The van der Waals surface area contributed by atoms with Gasteiger partial charge in [-0.3, -0.25) is 0 Å². The molecule has 0 aromatic heterocycles. The van der Waals surface area contributed by atoms with Gasteiger partial charge < -0.3 is 4.74 Å². The van der Waals surface area contributed by atoms with E-state index in [9.17, 15) is 0 Å². The first-order valence-electron chi connectivity index (χ1n) is 10.2. The summed E-state index contributed by atoms with van der Waals surface area (Å²) in [7, 11) is 0. The third-order valence-corrected chi connectivity index (χ3v) is 9.40. The third-order valence-electron chi connectivity index (χ3n) is 9.40. The summed E-state index contributed by atoms with van der Waals surface area (Å²) in [5, 5.41) is 0. The van der Waals surface area contributed by atoms with Crippen LogP contribution in [0.5, 0.6) is 0 Å². The molecule has 4 saturated carbocycles. The van der Waals surface area contributed by atoms with Gasteiger partial charge >= 0.3 is 0 Å². The predicted molar refractivity (Wildman–Crippen MR) is 89.6 cm³/mol. The van der Waals surface area contributed by atoms with E-state index >= 15 is 0 Å². The molecule has 1 heterocycles.